The number of nitrogens with zero attached hydrogens (tertiary/aromatic N) is 3. The Morgan fingerprint density at radius 1 is 1.00 bits per heavy atom. The van der Waals surface area contributed by atoms with E-state index in [4.69, 9.17) is 12.2 Å². The number of halogens is 1. The summed E-state index contributed by atoms with van der Waals surface area (Å²) in [5.74, 6) is -0.302. The first-order valence-electron chi connectivity index (χ1n) is 11.9. The molecule has 1 fully saturated rings. The van der Waals surface area contributed by atoms with Crippen LogP contribution < -0.4 is 10.2 Å². The smallest absolute Gasteiger partial charge is 0.174 e. The van der Waals surface area contributed by atoms with E-state index in [9.17, 15) is 0 Å². The molecule has 0 unspecified atom stereocenters. The van der Waals surface area contributed by atoms with Crippen molar-refractivity contribution in [2.45, 2.75) is 46.2 Å². The van der Waals surface area contributed by atoms with E-state index < -0.39 is 0 Å². The molecule has 1 aliphatic rings. The molecule has 6 heteroatoms. The monoisotopic (exact) mass is 484 g/mol. The lowest BCUT2D eigenvalue weighted by atomic mass is 9.96. The molecule has 178 valence electrons. The fourth-order valence-corrected chi connectivity index (χ4v) is 5.67. The molecule has 0 spiro atoms. The number of aryl methyl sites for hydroxylation is 3. The molecule has 35 heavy (non-hydrogen) atoms. The first kappa shape index (κ1) is 23.2. The average molecular weight is 485 g/mol. The topological polar surface area (TPSA) is 33.1 Å². The van der Waals surface area contributed by atoms with Crippen LogP contribution in [0.4, 0.5) is 10.1 Å². The highest BCUT2D eigenvalue weighted by Gasteiger charge is 2.43. The van der Waals surface area contributed by atoms with E-state index >= 15 is 4.39 Å². The van der Waals surface area contributed by atoms with Crippen molar-refractivity contribution in [3.63, 3.8) is 0 Å². The predicted molar refractivity (Wildman–Crippen MR) is 144 cm³/mol. The molecule has 4 aromatic rings. The van der Waals surface area contributed by atoms with Crippen molar-refractivity contribution in [1.82, 2.24) is 14.9 Å². The summed E-state index contributed by atoms with van der Waals surface area (Å²) in [5, 5.41) is 3.93. The minimum Gasteiger partial charge on any atom is -0.351 e. The average Bonchev–Trinajstić information content (AvgIpc) is 3.35. The van der Waals surface area contributed by atoms with Crippen LogP contribution in [0.25, 0.3) is 5.69 Å². The number of benzene rings is 2. The van der Waals surface area contributed by atoms with Gasteiger partial charge < -0.3 is 14.8 Å². The number of hydrogen-bond donors (Lipinski definition) is 1. The molecular formula is C29H29FN4S. The lowest BCUT2D eigenvalue weighted by Gasteiger charge is -2.28. The third kappa shape index (κ3) is 3.92. The second kappa shape index (κ2) is 9.27. The van der Waals surface area contributed by atoms with Crippen molar-refractivity contribution in [2.24, 2.45) is 0 Å². The molecule has 4 nitrogen and oxygen atoms in total. The van der Waals surface area contributed by atoms with Crippen LogP contribution >= 0.6 is 12.2 Å². The van der Waals surface area contributed by atoms with E-state index in [0.29, 0.717) is 10.8 Å². The van der Waals surface area contributed by atoms with Crippen LogP contribution in [0.3, 0.4) is 0 Å². The Kier molecular flexibility index (Phi) is 6.15. The predicted octanol–water partition coefficient (Wildman–Crippen LogP) is 6.68. The number of aromatic nitrogens is 2. The fourth-order valence-electron chi connectivity index (χ4n) is 5.33. The van der Waals surface area contributed by atoms with Gasteiger partial charge in [-0.3, -0.25) is 4.98 Å². The second-order valence-electron chi connectivity index (χ2n) is 9.05. The summed E-state index contributed by atoms with van der Waals surface area (Å²) < 4.78 is 17.4. The number of thiocarbonyl (C=S) groups is 1. The van der Waals surface area contributed by atoms with Gasteiger partial charge in [0.05, 0.1) is 29.2 Å². The highest BCUT2D eigenvalue weighted by atomic mass is 32.1. The van der Waals surface area contributed by atoms with Gasteiger partial charge in [-0.1, -0.05) is 43.3 Å². The maximum atomic E-state index is 15.1. The molecule has 0 radical (unpaired) electrons. The number of rotatable bonds is 5. The Labute approximate surface area is 211 Å². The molecule has 1 N–H and O–H groups in total. The van der Waals surface area contributed by atoms with Crippen molar-refractivity contribution in [3.05, 3.63) is 113 Å². The Morgan fingerprint density at radius 2 is 1.77 bits per heavy atom. The van der Waals surface area contributed by atoms with E-state index in [1.807, 2.05) is 29.2 Å². The zero-order valence-electron chi connectivity index (χ0n) is 20.4. The molecule has 0 aliphatic carbocycles. The second-order valence-corrected chi connectivity index (χ2v) is 9.43. The minimum atomic E-state index is -0.302. The van der Waals surface area contributed by atoms with Crippen molar-refractivity contribution in [3.8, 4) is 5.69 Å². The number of hydrogen-bond acceptors (Lipinski definition) is 2. The van der Waals surface area contributed by atoms with E-state index in [-0.39, 0.29) is 17.9 Å². The number of pyridine rings is 1. The number of para-hydroxylation sites is 2. The summed E-state index contributed by atoms with van der Waals surface area (Å²) in [6, 6.07) is 20.9. The van der Waals surface area contributed by atoms with E-state index in [2.05, 4.69) is 66.8 Å². The van der Waals surface area contributed by atoms with Gasteiger partial charge in [-0.2, -0.15) is 0 Å². The van der Waals surface area contributed by atoms with Crippen LogP contribution in [-0.2, 0) is 6.42 Å². The molecule has 1 saturated heterocycles. The van der Waals surface area contributed by atoms with Crippen LogP contribution in [0.2, 0.25) is 0 Å². The van der Waals surface area contributed by atoms with Gasteiger partial charge >= 0.3 is 0 Å². The summed E-state index contributed by atoms with van der Waals surface area (Å²) in [6.07, 6.45) is 2.73. The molecular weight excluding hydrogens is 455 g/mol. The lowest BCUT2D eigenvalue weighted by molar-refractivity contribution is 0.556. The van der Waals surface area contributed by atoms with Crippen molar-refractivity contribution in [2.75, 3.05) is 4.90 Å². The first-order chi connectivity index (χ1) is 16.9. The van der Waals surface area contributed by atoms with Gasteiger partial charge in [-0.15, -0.1) is 0 Å². The van der Waals surface area contributed by atoms with Crippen molar-refractivity contribution in [1.29, 1.82) is 0 Å². The molecule has 2 aromatic heterocycles. The van der Waals surface area contributed by atoms with Gasteiger partial charge in [-0.25, -0.2) is 4.39 Å². The van der Waals surface area contributed by atoms with Gasteiger partial charge in [0.1, 0.15) is 5.82 Å². The molecule has 2 atom stereocenters. The normalized spacial score (nSPS) is 17.6. The van der Waals surface area contributed by atoms with Gasteiger partial charge in [0.25, 0.3) is 0 Å². The van der Waals surface area contributed by atoms with Crippen LogP contribution in [-0.4, -0.2) is 14.7 Å². The van der Waals surface area contributed by atoms with Gasteiger partial charge in [0.2, 0.25) is 0 Å². The van der Waals surface area contributed by atoms with Crippen molar-refractivity contribution < 1.29 is 4.39 Å². The molecule has 0 saturated carbocycles. The molecule has 1 aliphatic heterocycles. The number of nitrogens with one attached hydrogen (secondary N) is 1. The molecule has 5 rings (SSSR count). The summed E-state index contributed by atoms with van der Waals surface area (Å²) in [6.45, 7) is 8.61. The maximum absolute atomic E-state index is 15.1. The van der Waals surface area contributed by atoms with E-state index in [0.717, 1.165) is 29.1 Å². The van der Waals surface area contributed by atoms with Crippen molar-refractivity contribution >= 4 is 23.0 Å². The van der Waals surface area contributed by atoms with Gasteiger partial charge in [0, 0.05) is 17.6 Å². The third-order valence-corrected chi connectivity index (χ3v) is 7.24. The minimum absolute atomic E-state index is 0.222. The third-order valence-electron chi connectivity index (χ3n) is 6.92. The standard InChI is InChI=1S/C29H29FN4S/c1-5-21-12-10-11-18(2)27(21)33-19(3)17-22(20(33)4)28-26(24-14-8-9-16-31-24)32-29(35)34(28)25-15-7-6-13-23(25)30/h6-17,26,28H,5H2,1-4H3,(H,32,35)/t26-,28+/m0/s1. The lowest BCUT2D eigenvalue weighted by Crippen LogP contribution is -2.30. The molecule has 2 aromatic carbocycles. The first-order valence-corrected chi connectivity index (χ1v) is 12.4. The largest absolute Gasteiger partial charge is 0.351 e. The molecule has 3 heterocycles. The Hall–Kier alpha value is -3.51. The Morgan fingerprint density at radius 3 is 2.49 bits per heavy atom. The summed E-state index contributed by atoms with van der Waals surface area (Å²) in [5.41, 5.74) is 8.42. The Balaban J connectivity index is 1.73. The summed E-state index contributed by atoms with van der Waals surface area (Å²) in [4.78, 5) is 6.54. The highest BCUT2D eigenvalue weighted by molar-refractivity contribution is 7.80. The van der Waals surface area contributed by atoms with Crippen LogP contribution in [0.15, 0.2) is 72.9 Å². The van der Waals surface area contributed by atoms with E-state index in [1.54, 1.807) is 18.3 Å². The molecule has 0 bridgehead atoms. The fraction of sp³-hybridized carbons (Fsp3) is 0.241. The highest BCUT2D eigenvalue weighted by Crippen LogP contribution is 2.44. The van der Waals surface area contributed by atoms with Crippen LogP contribution in [0, 0.1) is 26.6 Å². The Bertz CT molecular complexity index is 1400. The maximum Gasteiger partial charge on any atom is 0.174 e. The summed E-state index contributed by atoms with van der Waals surface area (Å²) in [7, 11) is 0. The van der Waals surface area contributed by atoms with Gasteiger partial charge in [-0.05, 0) is 86.4 Å². The SMILES string of the molecule is CCc1cccc(C)c1-n1c(C)cc([C@@H]2[C@H](c3ccccn3)NC(=S)N2c2ccccc2F)c1C. The zero-order valence-corrected chi connectivity index (χ0v) is 21.2. The zero-order chi connectivity index (χ0) is 24.7. The van der Waals surface area contributed by atoms with Crippen LogP contribution in [0.1, 0.15) is 52.8 Å². The van der Waals surface area contributed by atoms with Crippen LogP contribution in [0.5, 0.6) is 0 Å². The van der Waals surface area contributed by atoms with Gasteiger partial charge in [0.15, 0.2) is 5.11 Å². The number of anilines is 1. The van der Waals surface area contributed by atoms with E-state index in [1.165, 1.54) is 22.9 Å². The molecule has 0 amide bonds. The quantitative estimate of drug-likeness (QED) is 0.321. The summed E-state index contributed by atoms with van der Waals surface area (Å²) >= 11 is 5.79.